The number of anilines is 1. The number of fused-ring (bicyclic) bond motifs is 1. The zero-order chi connectivity index (χ0) is 16.3. The van der Waals surface area contributed by atoms with Crippen molar-refractivity contribution in [2.75, 3.05) is 5.43 Å². The van der Waals surface area contributed by atoms with E-state index in [9.17, 15) is 13.2 Å². The number of halogens is 3. The second-order valence-corrected chi connectivity index (χ2v) is 4.98. The molecule has 23 heavy (non-hydrogen) atoms. The summed E-state index contributed by atoms with van der Waals surface area (Å²) < 4.78 is 38.7. The molecule has 0 spiro atoms. The topological polar surface area (TPSA) is 24.4 Å². The van der Waals surface area contributed by atoms with Crippen LogP contribution in [0.5, 0.6) is 0 Å². The van der Waals surface area contributed by atoms with Crippen LogP contribution in [0.15, 0.2) is 71.8 Å². The van der Waals surface area contributed by atoms with Gasteiger partial charge in [-0.15, -0.1) is 0 Å². The molecule has 116 valence electrons. The predicted molar refractivity (Wildman–Crippen MR) is 86.6 cm³/mol. The summed E-state index contributed by atoms with van der Waals surface area (Å²) in [7, 11) is 0. The molecule has 0 radical (unpaired) electrons. The van der Waals surface area contributed by atoms with Crippen LogP contribution in [-0.4, -0.2) is 6.21 Å². The fourth-order valence-corrected chi connectivity index (χ4v) is 2.36. The first kappa shape index (κ1) is 15.1. The van der Waals surface area contributed by atoms with Crippen molar-refractivity contribution < 1.29 is 13.2 Å². The second kappa shape index (κ2) is 6.12. The predicted octanol–water partition coefficient (Wildman–Crippen LogP) is 5.30. The Morgan fingerprint density at radius 2 is 1.52 bits per heavy atom. The van der Waals surface area contributed by atoms with Gasteiger partial charge in [0.1, 0.15) is 0 Å². The minimum Gasteiger partial charge on any atom is -0.278 e. The Morgan fingerprint density at radius 3 is 2.35 bits per heavy atom. The summed E-state index contributed by atoms with van der Waals surface area (Å²) in [6.45, 7) is 0. The number of rotatable bonds is 3. The van der Waals surface area contributed by atoms with Crippen molar-refractivity contribution in [3.8, 4) is 0 Å². The summed E-state index contributed by atoms with van der Waals surface area (Å²) in [6, 6.07) is 18.7. The molecule has 0 unspecified atom stereocenters. The molecule has 0 amide bonds. The lowest BCUT2D eigenvalue weighted by atomic mass is 10.1. The average molecular weight is 314 g/mol. The summed E-state index contributed by atoms with van der Waals surface area (Å²) in [5.74, 6) is 0. The van der Waals surface area contributed by atoms with Crippen molar-refractivity contribution in [3.05, 3.63) is 77.9 Å². The molecule has 3 rings (SSSR count). The van der Waals surface area contributed by atoms with Crippen molar-refractivity contribution in [2.24, 2.45) is 5.10 Å². The van der Waals surface area contributed by atoms with E-state index in [1.54, 1.807) is 0 Å². The third kappa shape index (κ3) is 3.34. The van der Waals surface area contributed by atoms with Crippen LogP contribution in [0.25, 0.3) is 10.8 Å². The summed E-state index contributed by atoms with van der Waals surface area (Å²) in [4.78, 5) is 0. The number of hydrogen-bond donors (Lipinski definition) is 1. The number of para-hydroxylation sites is 1. The maximum atomic E-state index is 12.9. The fraction of sp³-hybridized carbons (Fsp3) is 0.0556. The molecule has 1 N–H and O–H groups in total. The first-order chi connectivity index (χ1) is 11.1. The van der Waals surface area contributed by atoms with E-state index >= 15 is 0 Å². The Balaban J connectivity index is 1.87. The molecule has 0 aliphatic heterocycles. The monoisotopic (exact) mass is 314 g/mol. The van der Waals surface area contributed by atoms with Gasteiger partial charge >= 0.3 is 6.18 Å². The van der Waals surface area contributed by atoms with Gasteiger partial charge in [0.25, 0.3) is 0 Å². The third-order valence-corrected chi connectivity index (χ3v) is 3.44. The highest BCUT2D eigenvalue weighted by atomic mass is 19.4. The van der Waals surface area contributed by atoms with E-state index < -0.39 is 11.7 Å². The Bertz CT molecular complexity index is 849. The van der Waals surface area contributed by atoms with Gasteiger partial charge < -0.3 is 0 Å². The van der Waals surface area contributed by atoms with Gasteiger partial charge in [0.05, 0.1) is 17.5 Å². The fourth-order valence-electron chi connectivity index (χ4n) is 2.36. The molecule has 0 aliphatic rings. The lowest BCUT2D eigenvalue weighted by molar-refractivity contribution is -0.136. The van der Waals surface area contributed by atoms with E-state index in [0.717, 1.165) is 22.4 Å². The minimum atomic E-state index is -4.42. The number of benzene rings is 3. The maximum absolute atomic E-state index is 12.9. The van der Waals surface area contributed by atoms with E-state index in [2.05, 4.69) is 10.5 Å². The standard InChI is InChI=1S/C18H13F3N2/c19-18(20,21)16-10-3-4-11-17(16)23-22-12-14-8-5-7-13-6-1-2-9-15(13)14/h1-12,23H/b22-12-. The van der Waals surface area contributed by atoms with Gasteiger partial charge in [-0.2, -0.15) is 18.3 Å². The van der Waals surface area contributed by atoms with E-state index in [0.29, 0.717) is 0 Å². The van der Waals surface area contributed by atoms with Crippen LogP contribution >= 0.6 is 0 Å². The van der Waals surface area contributed by atoms with E-state index in [-0.39, 0.29) is 5.69 Å². The summed E-state index contributed by atoms with van der Waals surface area (Å²) in [5.41, 5.74) is 2.50. The molecule has 0 heterocycles. The minimum absolute atomic E-state index is 0.0727. The lowest BCUT2D eigenvalue weighted by Crippen LogP contribution is -2.08. The van der Waals surface area contributed by atoms with E-state index in [1.807, 2.05) is 42.5 Å². The highest BCUT2D eigenvalue weighted by Crippen LogP contribution is 2.34. The Hall–Kier alpha value is -2.82. The summed E-state index contributed by atoms with van der Waals surface area (Å²) in [5, 5.41) is 6.00. The van der Waals surface area contributed by atoms with Crippen molar-refractivity contribution in [3.63, 3.8) is 0 Å². The van der Waals surface area contributed by atoms with Crippen LogP contribution in [0.3, 0.4) is 0 Å². The first-order valence-corrected chi connectivity index (χ1v) is 6.99. The molecule has 0 fully saturated rings. The van der Waals surface area contributed by atoms with E-state index in [1.165, 1.54) is 24.4 Å². The van der Waals surface area contributed by atoms with Crippen LogP contribution in [-0.2, 0) is 6.18 Å². The summed E-state index contributed by atoms with van der Waals surface area (Å²) >= 11 is 0. The van der Waals surface area contributed by atoms with Gasteiger partial charge in [-0.25, -0.2) is 0 Å². The van der Waals surface area contributed by atoms with Gasteiger partial charge in [0, 0.05) is 5.56 Å². The van der Waals surface area contributed by atoms with Crippen LogP contribution in [0, 0.1) is 0 Å². The Kier molecular flexibility index (Phi) is 4.02. The quantitative estimate of drug-likeness (QED) is 0.514. The maximum Gasteiger partial charge on any atom is 0.418 e. The molecule has 0 aromatic heterocycles. The number of nitrogens with one attached hydrogen (secondary N) is 1. The molecule has 2 nitrogen and oxygen atoms in total. The van der Waals surface area contributed by atoms with Gasteiger partial charge in [0.15, 0.2) is 0 Å². The summed E-state index contributed by atoms with van der Waals surface area (Å²) in [6.07, 6.45) is -2.89. The molecular formula is C18H13F3N2. The lowest BCUT2D eigenvalue weighted by Gasteiger charge is -2.11. The van der Waals surface area contributed by atoms with Crippen molar-refractivity contribution in [1.29, 1.82) is 0 Å². The first-order valence-electron chi connectivity index (χ1n) is 6.99. The third-order valence-electron chi connectivity index (χ3n) is 3.44. The zero-order valence-electron chi connectivity index (χ0n) is 12.0. The van der Waals surface area contributed by atoms with Crippen LogP contribution in [0.2, 0.25) is 0 Å². The zero-order valence-corrected chi connectivity index (χ0v) is 12.0. The van der Waals surface area contributed by atoms with Crippen molar-refractivity contribution in [2.45, 2.75) is 6.18 Å². The number of alkyl halides is 3. The molecule has 3 aromatic rings. The highest BCUT2D eigenvalue weighted by molar-refractivity contribution is 5.99. The van der Waals surface area contributed by atoms with Crippen LogP contribution in [0.4, 0.5) is 18.9 Å². The smallest absolute Gasteiger partial charge is 0.278 e. The van der Waals surface area contributed by atoms with Crippen LogP contribution < -0.4 is 5.43 Å². The molecule has 3 aromatic carbocycles. The second-order valence-electron chi connectivity index (χ2n) is 4.98. The molecule has 0 atom stereocenters. The molecule has 0 saturated carbocycles. The van der Waals surface area contributed by atoms with Gasteiger partial charge in [0.2, 0.25) is 0 Å². The normalized spacial score (nSPS) is 12.0. The molecular weight excluding hydrogens is 301 g/mol. The van der Waals surface area contributed by atoms with Gasteiger partial charge in [-0.05, 0) is 22.9 Å². The van der Waals surface area contributed by atoms with Crippen LogP contribution in [0.1, 0.15) is 11.1 Å². The Labute approximate surface area is 131 Å². The highest BCUT2D eigenvalue weighted by Gasteiger charge is 2.33. The number of nitrogens with zero attached hydrogens (tertiary/aromatic N) is 1. The Morgan fingerprint density at radius 1 is 0.826 bits per heavy atom. The molecule has 0 bridgehead atoms. The van der Waals surface area contributed by atoms with Gasteiger partial charge in [-0.3, -0.25) is 5.43 Å². The molecule has 0 aliphatic carbocycles. The number of hydrogen-bond acceptors (Lipinski definition) is 2. The van der Waals surface area contributed by atoms with Crippen molar-refractivity contribution in [1.82, 2.24) is 0 Å². The average Bonchev–Trinajstić information content (AvgIpc) is 2.55. The SMILES string of the molecule is FC(F)(F)c1ccccc1N/N=C\c1cccc2ccccc12. The largest absolute Gasteiger partial charge is 0.418 e. The number of hydrazone groups is 1. The van der Waals surface area contributed by atoms with E-state index in [4.69, 9.17) is 0 Å². The molecule has 0 saturated heterocycles. The van der Waals surface area contributed by atoms with Crippen molar-refractivity contribution >= 4 is 22.7 Å². The van der Waals surface area contributed by atoms with Gasteiger partial charge in [-0.1, -0.05) is 54.6 Å². The molecule has 5 heteroatoms.